The predicted molar refractivity (Wildman–Crippen MR) is 81.2 cm³/mol. The number of hydrogen-bond donors (Lipinski definition) is 1. The SMILES string of the molecule is COc1ccc(S(=O)(=O)Cl)cc1NS(=O)(=O)c1cccs1. The Morgan fingerprint density at radius 2 is 1.90 bits per heavy atom. The highest BCUT2D eigenvalue weighted by atomic mass is 35.7. The molecule has 0 unspecified atom stereocenters. The van der Waals surface area contributed by atoms with Crippen molar-refractivity contribution < 1.29 is 21.6 Å². The van der Waals surface area contributed by atoms with Crippen LogP contribution >= 0.6 is 22.0 Å². The second-order valence-electron chi connectivity index (χ2n) is 3.84. The molecule has 6 nitrogen and oxygen atoms in total. The normalized spacial score (nSPS) is 12.1. The Kier molecular flexibility index (Phi) is 4.47. The van der Waals surface area contributed by atoms with Crippen LogP contribution in [0.2, 0.25) is 0 Å². The average molecular weight is 368 g/mol. The predicted octanol–water partition coefficient (Wildman–Crippen LogP) is 2.49. The summed E-state index contributed by atoms with van der Waals surface area (Å²) in [5.74, 6) is 0.180. The summed E-state index contributed by atoms with van der Waals surface area (Å²) in [6.07, 6.45) is 0. The largest absolute Gasteiger partial charge is 0.495 e. The van der Waals surface area contributed by atoms with Crippen LogP contribution in [-0.4, -0.2) is 23.9 Å². The quantitative estimate of drug-likeness (QED) is 0.820. The molecule has 0 fully saturated rings. The van der Waals surface area contributed by atoms with E-state index in [1.165, 1.54) is 25.3 Å². The monoisotopic (exact) mass is 367 g/mol. The summed E-state index contributed by atoms with van der Waals surface area (Å²) < 4.78 is 54.4. The molecule has 0 amide bonds. The minimum Gasteiger partial charge on any atom is -0.495 e. The molecule has 0 aliphatic rings. The summed E-state index contributed by atoms with van der Waals surface area (Å²) >= 11 is 1.04. The van der Waals surface area contributed by atoms with E-state index in [1.807, 2.05) is 0 Å². The maximum Gasteiger partial charge on any atom is 0.271 e. The van der Waals surface area contributed by atoms with Crippen LogP contribution < -0.4 is 9.46 Å². The molecule has 2 aromatic rings. The fourth-order valence-corrected chi connectivity index (χ4v) is 4.36. The molecule has 0 bridgehead atoms. The highest BCUT2D eigenvalue weighted by molar-refractivity contribution is 8.13. The number of methoxy groups -OCH3 is 1. The zero-order valence-corrected chi connectivity index (χ0v) is 13.8. The van der Waals surface area contributed by atoms with Gasteiger partial charge in [0.25, 0.3) is 19.1 Å². The van der Waals surface area contributed by atoms with E-state index in [2.05, 4.69) is 4.72 Å². The zero-order chi connectivity index (χ0) is 15.7. The summed E-state index contributed by atoms with van der Waals surface area (Å²) in [6, 6.07) is 6.68. The second kappa shape index (κ2) is 5.84. The number of rotatable bonds is 5. The number of halogens is 1. The van der Waals surface area contributed by atoms with Crippen LogP contribution in [0.25, 0.3) is 0 Å². The van der Waals surface area contributed by atoms with Gasteiger partial charge >= 0.3 is 0 Å². The number of benzene rings is 1. The van der Waals surface area contributed by atoms with Crippen LogP contribution in [0, 0.1) is 0 Å². The molecule has 1 aromatic carbocycles. The van der Waals surface area contributed by atoms with Crippen LogP contribution in [0.5, 0.6) is 5.75 Å². The van der Waals surface area contributed by atoms with Gasteiger partial charge in [-0.25, -0.2) is 16.8 Å². The lowest BCUT2D eigenvalue weighted by molar-refractivity contribution is 0.416. The summed E-state index contributed by atoms with van der Waals surface area (Å²) in [5.41, 5.74) is -0.00683. The molecule has 1 aromatic heterocycles. The Hall–Kier alpha value is -1.29. The van der Waals surface area contributed by atoms with E-state index in [4.69, 9.17) is 15.4 Å². The van der Waals surface area contributed by atoms with Crippen molar-refractivity contribution in [2.75, 3.05) is 11.8 Å². The molecule has 0 saturated heterocycles. The van der Waals surface area contributed by atoms with E-state index in [1.54, 1.807) is 11.4 Å². The molecular weight excluding hydrogens is 358 g/mol. The molecule has 0 aliphatic heterocycles. The van der Waals surface area contributed by atoms with Crippen molar-refractivity contribution in [3.05, 3.63) is 35.7 Å². The first-order valence-corrected chi connectivity index (χ1v) is 10.1. The fourth-order valence-electron chi connectivity index (χ4n) is 1.53. The highest BCUT2D eigenvalue weighted by Gasteiger charge is 2.20. The van der Waals surface area contributed by atoms with Gasteiger partial charge in [0, 0.05) is 10.7 Å². The van der Waals surface area contributed by atoms with Gasteiger partial charge in [-0.15, -0.1) is 11.3 Å². The lowest BCUT2D eigenvalue weighted by Crippen LogP contribution is -2.12. The maximum atomic E-state index is 12.2. The van der Waals surface area contributed by atoms with Gasteiger partial charge in [0.15, 0.2) is 0 Å². The third kappa shape index (κ3) is 3.67. The molecule has 2 rings (SSSR count). The van der Waals surface area contributed by atoms with Gasteiger partial charge in [-0.3, -0.25) is 4.72 Å². The molecule has 1 heterocycles. The lowest BCUT2D eigenvalue weighted by atomic mass is 10.3. The summed E-state index contributed by atoms with van der Waals surface area (Å²) in [4.78, 5) is -0.228. The summed E-state index contributed by atoms with van der Waals surface area (Å²) in [5, 5.41) is 1.62. The number of sulfonamides is 1. The molecule has 10 heteroatoms. The number of nitrogens with one attached hydrogen (secondary N) is 1. The van der Waals surface area contributed by atoms with E-state index >= 15 is 0 Å². The van der Waals surface area contributed by atoms with Gasteiger partial charge in [-0.1, -0.05) is 6.07 Å². The number of thiophene rings is 1. The van der Waals surface area contributed by atoms with Crippen LogP contribution in [0.1, 0.15) is 0 Å². The molecule has 0 spiro atoms. The van der Waals surface area contributed by atoms with Crippen LogP contribution in [-0.2, 0) is 19.1 Å². The second-order valence-corrected chi connectivity index (χ2v) is 9.26. The van der Waals surface area contributed by atoms with E-state index in [-0.39, 0.29) is 20.5 Å². The first-order valence-electron chi connectivity index (χ1n) is 5.43. The first kappa shape index (κ1) is 16.1. The van der Waals surface area contributed by atoms with Crippen LogP contribution in [0.3, 0.4) is 0 Å². The van der Waals surface area contributed by atoms with E-state index in [9.17, 15) is 16.8 Å². The molecular formula is C11H10ClNO5S3. The van der Waals surface area contributed by atoms with E-state index in [0.29, 0.717) is 0 Å². The van der Waals surface area contributed by atoms with Crippen molar-refractivity contribution in [1.82, 2.24) is 0 Å². The van der Waals surface area contributed by atoms with Gasteiger partial charge in [-0.05, 0) is 29.6 Å². The third-order valence-electron chi connectivity index (χ3n) is 2.46. The Morgan fingerprint density at radius 3 is 2.43 bits per heavy atom. The minimum atomic E-state index is -3.98. The van der Waals surface area contributed by atoms with Crippen molar-refractivity contribution in [1.29, 1.82) is 0 Å². The Labute approximate surface area is 130 Å². The third-order valence-corrected chi connectivity index (χ3v) is 6.57. The lowest BCUT2D eigenvalue weighted by Gasteiger charge is -2.11. The standard InChI is InChI=1S/C11H10ClNO5S3/c1-18-10-5-4-8(20(12,14)15)7-9(10)13-21(16,17)11-3-2-6-19-11/h2-7,13H,1H3. The number of anilines is 1. The number of hydrogen-bond acceptors (Lipinski definition) is 6. The molecule has 0 saturated carbocycles. The Morgan fingerprint density at radius 1 is 1.19 bits per heavy atom. The Bertz CT molecular complexity index is 844. The van der Waals surface area contributed by atoms with Gasteiger partial charge in [0.05, 0.1) is 17.7 Å². The van der Waals surface area contributed by atoms with Crippen molar-refractivity contribution in [2.24, 2.45) is 0 Å². The topological polar surface area (TPSA) is 89.5 Å². The van der Waals surface area contributed by atoms with Crippen molar-refractivity contribution in [3.63, 3.8) is 0 Å². The van der Waals surface area contributed by atoms with Gasteiger partial charge in [-0.2, -0.15) is 0 Å². The van der Waals surface area contributed by atoms with Crippen molar-refractivity contribution in [2.45, 2.75) is 9.10 Å². The zero-order valence-electron chi connectivity index (χ0n) is 10.6. The molecule has 1 N–H and O–H groups in total. The van der Waals surface area contributed by atoms with Gasteiger partial charge in [0.2, 0.25) is 0 Å². The molecule has 0 aliphatic carbocycles. The molecule has 0 atom stereocenters. The highest BCUT2D eigenvalue weighted by Crippen LogP contribution is 2.31. The van der Waals surface area contributed by atoms with E-state index in [0.717, 1.165) is 17.4 Å². The first-order chi connectivity index (χ1) is 9.74. The smallest absolute Gasteiger partial charge is 0.271 e. The van der Waals surface area contributed by atoms with Gasteiger partial charge in [0.1, 0.15) is 9.96 Å². The molecule has 0 radical (unpaired) electrons. The fraction of sp³-hybridized carbons (Fsp3) is 0.0909. The minimum absolute atomic E-state index is 0.00683. The maximum absolute atomic E-state index is 12.2. The van der Waals surface area contributed by atoms with Crippen molar-refractivity contribution >= 4 is 46.8 Å². The molecule has 114 valence electrons. The van der Waals surface area contributed by atoms with Crippen LogP contribution in [0.4, 0.5) is 5.69 Å². The summed E-state index contributed by atoms with van der Waals surface area (Å²) in [7, 11) is -1.20. The van der Waals surface area contributed by atoms with Gasteiger partial charge < -0.3 is 4.74 Å². The van der Waals surface area contributed by atoms with Crippen molar-refractivity contribution in [3.8, 4) is 5.75 Å². The number of ether oxygens (including phenoxy) is 1. The summed E-state index contributed by atoms with van der Waals surface area (Å²) in [6.45, 7) is 0. The molecule has 21 heavy (non-hydrogen) atoms. The average Bonchev–Trinajstić information content (AvgIpc) is 2.91. The Balaban J connectivity index is 2.48. The van der Waals surface area contributed by atoms with Crippen LogP contribution in [0.15, 0.2) is 44.8 Å². The van der Waals surface area contributed by atoms with E-state index < -0.39 is 19.1 Å².